The molecule has 0 aliphatic carbocycles. The fraction of sp³-hybridized carbons (Fsp3) is 0.312. The van der Waals surface area contributed by atoms with E-state index in [9.17, 15) is 4.79 Å². The number of aryl methyl sites for hydroxylation is 1. The van der Waals surface area contributed by atoms with Gasteiger partial charge in [0, 0.05) is 28.4 Å². The van der Waals surface area contributed by atoms with Crippen molar-refractivity contribution >= 4 is 28.9 Å². The number of carbonyl (C=O) groups is 1. The molecule has 1 aliphatic rings. The van der Waals surface area contributed by atoms with Gasteiger partial charge >= 0.3 is 5.97 Å². The van der Waals surface area contributed by atoms with Gasteiger partial charge < -0.3 is 4.74 Å². The van der Waals surface area contributed by atoms with Crippen molar-refractivity contribution in [2.24, 2.45) is 0 Å². The Labute approximate surface area is 138 Å². The predicted molar refractivity (Wildman–Crippen MR) is 84.6 cm³/mol. The minimum absolute atomic E-state index is 0.0797. The van der Waals surface area contributed by atoms with Crippen LogP contribution < -0.4 is 0 Å². The number of methoxy groups -OCH3 is 1. The Hall–Kier alpha value is -1.36. The average molecular weight is 326 g/mol. The third-order valence-corrected chi connectivity index (χ3v) is 4.55. The fourth-order valence-electron chi connectivity index (χ4n) is 2.30. The summed E-state index contributed by atoms with van der Waals surface area (Å²) < 4.78 is 38.5. The number of nitrogens with zero attached hydrogens (tertiary/aromatic N) is 1. The summed E-state index contributed by atoms with van der Waals surface area (Å²) in [5.41, 5.74) is 1.04. The standard InChI is InChI=1S/C16H16ClNO2S/c1-20-16(19)15(12-4-2-3-5-13(12)17)18-8-6-14-11(10-18)7-9-21-14/h2-5,7,9,15H,6,8,10H2,1H3/t15-/m0/s1/i6D2,8D2. The molecule has 0 bridgehead atoms. The zero-order valence-corrected chi connectivity index (χ0v) is 12.9. The number of rotatable bonds is 3. The third-order valence-electron chi connectivity index (χ3n) is 3.34. The molecule has 1 aliphatic heterocycles. The zero-order valence-electron chi connectivity index (χ0n) is 15.3. The molecule has 1 aromatic heterocycles. The number of hydrogen-bond acceptors (Lipinski definition) is 4. The van der Waals surface area contributed by atoms with Gasteiger partial charge in [0.1, 0.15) is 6.04 Å². The van der Waals surface area contributed by atoms with Crippen LogP contribution in [0.2, 0.25) is 5.02 Å². The molecule has 0 amide bonds. The van der Waals surface area contributed by atoms with E-state index in [2.05, 4.69) is 0 Å². The molecule has 3 rings (SSSR count). The van der Waals surface area contributed by atoms with Gasteiger partial charge in [-0.3, -0.25) is 4.90 Å². The van der Waals surface area contributed by atoms with Gasteiger partial charge in [-0.05, 0) is 35.0 Å². The largest absolute Gasteiger partial charge is 0.468 e. The summed E-state index contributed by atoms with van der Waals surface area (Å²) >= 11 is 7.41. The van der Waals surface area contributed by atoms with E-state index in [0.717, 1.165) is 0 Å². The molecule has 1 atom stereocenters. The van der Waals surface area contributed by atoms with Gasteiger partial charge in [0.15, 0.2) is 0 Å². The zero-order chi connectivity index (χ0) is 18.4. The maximum atomic E-state index is 12.5. The van der Waals surface area contributed by atoms with E-state index in [4.69, 9.17) is 21.8 Å². The number of esters is 1. The number of ether oxygens (including phenoxy) is 1. The number of hydrogen-bond donors (Lipinski definition) is 0. The molecule has 0 radical (unpaired) electrons. The maximum Gasteiger partial charge on any atom is 0.327 e. The van der Waals surface area contributed by atoms with Gasteiger partial charge in [-0.1, -0.05) is 29.8 Å². The highest BCUT2D eigenvalue weighted by molar-refractivity contribution is 7.10. The van der Waals surface area contributed by atoms with Crippen molar-refractivity contribution < 1.29 is 15.0 Å². The first-order valence-corrected chi connectivity index (χ1v) is 7.63. The van der Waals surface area contributed by atoms with Crippen LogP contribution in [0.4, 0.5) is 0 Å². The third kappa shape index (κ3) is 2.84. The van der Waals surface area contributed by atoms with Crippen LogP contribution >= 0.6 is 22.9 Å². The lowest BCUT2D eigenvalue weighted by atomic mass is 10.0. The summed E-state index contributed by atoms with van der Waals surface area (Å²) in [6, 6.07) is 7.23. The molecular formula is C16H16ClNO2S. The van der Waals surface area contributed by atoms with E-state index in [1.165, 1.54) is 23.3 Å². The van der Waals surface area contributed by atoms with Gasteiger partial charge in [0.2, 0.25) is 0 Å². The van der Waals surface area contributed by atoms with E-state index in [1.54, 1.807) is 35.7 Å². The maximum absolute atomic E-state index is 12.5. The van der Waals surface area contributed by atoms with Crippen molar-refractivity contribution in [3.63, 3.8) is 0 Å². The van der Waals surface area contributed by atoms with Crippen LogP contribution in [0.1, 0.15) is 27.5 Å². The summed E-state index contributed by atoms with van der Waals surface area (Å²) in [6.07, 6.45) is -2.28. The Balaban J connectivity index is 2.17. The minimum atomic E-state index is -2.43. The number of carbonyl (C=O) groups excluding carboxylic acids is 1. The van der Waals surface area contributed by atoms with Crippen molar-refractivity contribution in [1.82, 2.24) is 4.90 Å². The Kier molecular flexibility index (Phi) is 3.05. The van der Waals surface area contributed by atoms with Gasteiger partial charge in [-0.2, -0.15) is 0 Å². The van der Waals surface area contributed by atoms with Gasteiger partial charge in [-0.15, -0.1) is 11.3 Å². The molecular weight excluding hydrogens is 306 g/mol. The first kappa shape index (κ1) is 10.4. The van der Waals surface area contributed by atoms with Crippen molar-refractivity contribution in [1.29, 1.82) is 0 Å². The molecule has 1 aromatic carbocycles. The molecule has 0 unspecified atom stereocenters. The van der Waals surface area contributed by atoms with Crippen LogP contribution in [0.25, 0.3) is 0 Å². The van der Waals surface area contributed by atoms with Crippen molar-refractivity contribution in [2.75, 3.05) is 13.6 Å². The van der Waals surface area contributed by atoms with Gasteiger partial charge in [0.25, 0.3) is 0 Å². The van der Waals surface area contributed by atoms with Gasteiger partial charge in [0.05, 0.1) is 7.11 Å². The molecule has 2 heterocycles. The van der Waals surface area contributed by atoms with E-state index in [1.807, 2.05) is 0 Å². The monoisotopic (exact) mass is 325 g/mol. The lowest BCUT2D eigenvalue weighted by Crippen LogP contribution is -2.38. The molecule has 0 N–H and O–H groups in total. The number of benzene rings is 1. The summed E-state index contributed by atoms with van der Waals surface area (Å²) in [4.78, 5) is 14.0. The van der Waals surface area contributed by atoms with Crippen LogP contribution in [0, 0.1) is 0 Å². The van der Waals surface area contributed by atoms with E-state index < -0.39 is 24.9 Å². The quantitative estimate of drug-likeness (QED) is 0.806. The fourth-order valence-corrected chi connectivity index (χ4v) is 3.30. The van der Waals surface area contributed by atoms with Crippen molar-refractivity contribution in [3.05, 3.63) is 56.7 Å². The molecule has 110 valence electrons. The topological polar surface area (TPSA) is 29.5 Å². The second-order valence-corrected chi connectivity index (χ2v) is 5.91. The van der Waals surface area contributed by atoms with Crippen molar-refractivity contribution in [3.8, 4) is 0 Å². The second kappa shape index (κ2) is 6.18. The Morgan fingerprint density at radius 1 is 1.48 bits per heavy atom. The summed E-state index contributed by atoms with van der Waals surface area (Å²) in [5.74, 6) is -0.688. The smallest absolute Gasteiger partial charge is 0.327 e. The minimum Gasteiger partial charge on any atom is -0.468 e. The predicted octanol–water partition coefficient (Wildman–Crippen LogP) is 3.67. The Morgan fingerprint density at radius 2 is 2.29 bits per heavy atom. The number of halogens is 1. The molecule has 0 spiro atoms. The summed E-state index contributed by atoms with van der Waals surface area (Å²) in [5, 5.41) is 2.02. The molecule has 21 heavy (non-hydrogen) atoms. The highest BCUT2D eigenvalue weighted by Crippen LogP contribution is 2.33. The normalized spacial score (nSPS) is 23.9. The van der Waals surface area contributed by atoms with Crippen LogP contribution in [0.15, 0.2) is 35.7 Å². The average Bonchev–Trinajstić information content (AvgIpc) is 3.03. The molecule has 2 aromatic rings. The molecule has 0 saturated heterocycles. The van der Waals surface area contributed by atoms with Gasteiger partial charge in [-0.25, -0.2) is 4.79 Å². The Morgan fingerprint density at radius 3 is 3.05 bits per heavy atom. The molecule has 0 fully saturated rings. The van der Waals surface area contributed by atoms with Crippen LogP contribution in [-0.4, -0.2) is 24.5 Å². The second-order valence-electron chi connectivity index (χ2n) is 4.59. The molecule has 3 nitrogen and oxygen atoms in total. The summed E-state index contributed by atoms with van der Waals surface area (Å²) in [6.45, 7) is -2.35. The SMILES string of the molecule is [2H]C1([2H])c2sccc2CN([C@H](C(=O)OC)c2ccccc2Cl)C1([2H])[2H]. The van der Waals surface area contributed by atoms with Crippen LogP contribution in [0.5, 0.6) is 0 Å². The van der Waals surface area contributed by atoms with Crippen LogP contribution in [0.3, 0.4) is 0 Å². The highest BCUT2D eigenvalue weighted by Gasteiger charge is 2.32. The molecule has 5 heteroatoms. The molecule has 0 saturated carbocycles. The Bertz CT molecular complexity index is 811. The first-order chi connectivity index (χ1) is 11.7. The van der Waals surface area contributed by atoms with Crippen LogP contribution in [-0.2, 0) is 22.4 Å². The lowest BCUT2D eigenvalue weighted by Gasteiger charge is -2.33. The lowest BCUT2D eigenvalue weighted by molar-refractivity contribution is -0.147. The summed E-state index contributed by atoms with van der Waals surface area (Å²) in [7, 11) is 1.22. The van der Waals surface area contributed by atoms with E-state index in [0.29, 0.717) is 21.0 Å². The van der Waals surface area contributed by atoms with E-state index >= 15 is 0 Å². The van der Waals surface area contributed by atoms with E-state index in [-0.39, 0.29) is 6.54 Å². The number of thiophene rings is 1. The highest BCUT2D eigenvalue weighted by atomic mass is 35.5. The number of fused-ring (bicyclic) bond motifs is 1. The van der Waals surface area contributed by atoms with Crippen molar-refractivity contribution in [2.45, 2.75) is 19.0 Å². The first-order valence-electron chi connectivity index (χ1n) is 8.37.